The van der Waals surface area contributed by atoms with Gasteiger partial charge in [-0.3, -0.25) is 0 Å². The number of rotatable bonds is 3. The van der Waals surface area contributed by atoms with Crippen LogP contribution in [0.3, 0.4) is 0 Å². The minimum absolute atomic E-state index is 0.215. The van der Waals surface area contributed by atoms with E-state index in [1.54, 1.807) is 36.2 Å². The summed E-state index contributed by atoms with van der Waals surface area (Å²) in [5.74, 6) is 0.727. The summed E-state index contributed by atoms with van der Waals surface area (Å²) >= 11 is 5.88. The van der Waals surface area contributed by atoms with Crippen molar-refractivity contribution < 1.29 is 9.32 Å². The SMILES string of the molecule is Cc1noc(C)c1CN(C)C(=O)Nc1cccc(Cl)c1. The molecule has 0 saturated carbocycles. The lowest BCUT2D eigenvalue weighted by atomic mass is 10.2. The Morgan fingerprint density at radius 2 is 2.20 bits per heavy atom. The first kappa shape index (κ1) is 14.4. The van der Waals surface area contributed by atoms with Gasteiger partial charge in [0.05, 0.1) is 12.2 Å². The van der Waals surface area contributed by atoms with Crippen LogP contribution in [-0.2, 0) is 6.54 Å². The van der Waals surface area contributed by atoms with Gasteiger partial charge in [0.2, 0.25) is 0 Å². The van der Waals surface area contributed by atoms with Crippen molar-refractivity contribution in [1.29, 1.82) is 0 Å². The molecule has 0 saturated heterocycles. The number of nitrogens with zero attached hydrogens (tertiary/aromatic N) is 2. The van der Waals surface area contributed by atoms with Crippen LogP contribution in [0.2, 0.25) is 5.02 Å². The summed E-state index contributed by atoms with van der Waals surface area (Å²) in [5.41, 5.74) is 2.38. The van der Waals surface area contributed by atoms with E-state index in [9.17, 15) is 4.79 Å². The zero-order valence-corrected chi connectivity index (χ0v) is 12.4. The molecule has 6 heteroatoms. The van der Waals surface area contributed by atoms with Crippen LogP contribution in [0, 0.1) is 13.8 Å². The number of benzene rings is 1. The average molecular weight is 294 g/mol. The molecule has 1 heterocycles. The van der Waals surface area contributed by atoms with Crippen molar-refractivity contribution in [1.82, 2.24) is 10.1 Å². The van der Waals surface area contributed by atoms with Crippen molar-refractivity contribution in [3.05, 3.63) is 46.3 Å². The van der Waals surface area contributed by atoms with Crippen LogP contribution in [0.25, 0.3) is 0 Å². The molecule has 2 amide bonds. The molecule has 0 spiro atoms. The van der Waals surface area contributed by atoms with Crippen LogP contribution in [0.1, 0.15) is 17.0 Å². The minimum Gasteiger partial charge on any atom is -0.361 e. The second-order valence-electron chi connectivity index (χ2n) is 4.60. The number of carbonyl (C=O) groups is 1. The highest BCUT2D eigenvalue weighted by Gasteiger charge is 2.15. The summed E-state index contributed by atoms with van der Waals surface area (Å²) in [5, 5.41) is 7.24. The van der Waals surface area contributed by atoms with Crippen molar-refractivity contribution in [2.45, 2.75) is 20.4 Å². The van der Waals surface area contributed by atoms with Gasteiger partial charge in [0, 0.05) is 23.3 Å². The summed E-state index contributed by atoms with van der Waals surface area (Å²) in [6.07, 6.45) is 0. The molecule has 0 aliphatic carbocycles. The first-order chi connectivity index (χ1) is 9.47. The molecule has 0 unspecified atom stereocenters. The predicted octanol–water partition coefficient (Wildman–Crippen LogP) is 3.61. The lowest BCUT2D eigenvalue weighted by Gasteiger charge is -2.17. The molecule has 20 heavy (non-hydrogen) atoms. The van der Waals surface area contributed by atoms with Gasteiger partial charge in [-0.05, 0) is 32.0 Å². The number of nitrogens with one attached hydrogen (secondary N) is 1. The predicted molar refractivity (Wildman–Crippen MR) is 77.9 cm³/mol. The van der Waals surface area contributed by atoms with Crippen LogP contribution in [0.5, 0.6) is 0 Å². The number of aromatic nitrogens is 1. The number of amides is 2. The Kier molecular flexibility index (Phi) is 4.29. The number of aryl methyl sites for hydroxylation is 2. The molecule has 0 aliphatic rings. The normalized spacial score (nSPS) is 10.4. The van der Waals surface area contributed by atoms with E-state index in [0.29, 0.717) is 17.3 Å². The van der Waals surface area contributed by atoms with E-state index in [1.807, 2.05) is 13.8 Å². The largest absolute Gasteiger partial charge is 0.361 e. The van der Waals surface area contributed by atoms with Gasteiger partial charge in [-0.2, -0.15) is 0 Å². The second-order valence-corrected chi connectivity index (χ2v) is 5.04. The highest BCUT2D eigenvalue weighted by atomic mass is 35.5. The summed E-state index contributed by atoms with van der Waals surface area (Å²) in [6.45, 7) is 4.13. The van der Waals surface area contributed by atoms with Crippen LogP contribution in [-0.4, -0.2) is 23.1 Å². The summed E-state index contributed by atoms with van der Waals surface area (Å²) in [4.78, 5) is 13.7. The highest BCUT2D eigenvalue weighted by Crippen LogP contribution is 2.17. The maximum Gasteiger partial charge on any atom is 0.321 e. The van der Waals surface area contributed by atoms with Gasteiger partial charge in [0.15, 0.2) is 0 Å². The Bertz CT molecular complexity index is 605. The van der Waals surface area contributed by atoms with Crippen LogP contribution in [0.15, 0.2) is 28.8 Å². The zero-order chi connectivity index (χ0) is 14.7. The molecular formula is C14H16ClN3O2. The van der Waals surface area contributed by atoms with Gasteiger partial charge < -0.3 is 14.7 Å². The van der Waals surface area contributed by atoms with E-state index < -0.39 is 0 Å². The van der Waals surface area contributed by atoms with Crippen molar-refractivity contribution in [2.24, 2.45) is 0 Å². The molecule has 1 aromatic heterocycles. The number of carbonyl (C=O) groups excluding carboxylic acids is 1. The first-order valence-electron chi connectivity index (χ1n) is 6.17. The third kappa shape index (κ3) is 3.30. The van der Waals surface area contributed by atoms with Crippen LogP contribution < -0.4 is 5.32 Å². The van der Waals surface area contributed by atoms with Gasteiger partial charge in [0.25, 0.3) is 0 Å². The van der Waals surface area contributed by atoms with E-state index in [2.05, 4.69) is 10.5 Å². The van der Waals surface area contributed by atoms with Crippen LogP contribution >= 0.6 is 11.6 Å². The fraction of sp³-hybridized carbons (Fsp3) is 0.286. The summed E-state index contributed by atoms with van der Waals surface area (Å²) in [6, 6.07) is 6.81. The Morgan fingerprint density at radius 3 is 2.80 bits per heavy atom. The molecule has 0 bridgehead atoms. The lowest BCUT2D eigenvalue weighted by molar-refractivity contribution is 0.220. The highest BCUT2D eigenvalue weighted by molar-refractivity contribution is 6.30. The minimum atomic E-state index is -0.215. The number of hydrogen-bond donors (Lipinski definition) is 1. The fourth-order valence-electron chi connectivity index (χ4n) is 1.82. The molecule has 1 N–H and O–H groups in total. The standard InChI is InChI=1S/C14H16ClN3O2/c1-9-13(10(2)20-17-9)8-18(3)14(19)16-12-6-4-5-11(15)7-12/h4-7H,8H2,1-3H3,(H,16,19). The number of hydrogen-bond acceptors (Lipinski definition) is 3. The molecule has 0 radical (unpaired) electrons. The monoisotopic (exact) mass is 293 g/mol. The maximum atomic E-state index is 12.1. The molecule has 0 aliphatic heterocycles. The Labute approximate surface area is 122 Å². The van der Waals surface area contributed by atoms with E-state index in [0.717, 1.165) is 17.0 Å². The molecule has 106 valence electrons. The van der Waals surface area contributed by atoms with Crippen molar-refractivity contribution >= 4 is 23.3 Å². The molecule has 5 nitrogen and oxygen atoms in total. The van der Waals surface area contributed by atoms with E-state index in [1.165, 1.54) is 0 Å². The molecule has 0 fully saturated rings. The number of halogens is 1. The first-order valence-corrected chi connectivity index (χ1v) is 6.54. The molecule has 2 rings (SSSR count). The van der Waals surface area contributed by atoms with Gasteiger partial charge in [-0.25, -0.2) is 4.79 Å². The molecule has 0 atom stereocenters. The average Bonchev–Trinajstić information content (AvgIpc) is 2.70. The maximum absolute atomic E-state index is 12.1. The van der Waals surface area contributed by atoms with E-state index >= 15 is 0 Å². The topological polar surface area (TPSA) is 58.4 Å². The fourth-order valence-corrected chi connectivity index (χ4v) is 2.01. The Hall–Kier alpha value is -2.01. The van der Waals surface area contributed by atoms with Gasteiger partial charge in [-0.15, -0.1) is 0 Å². The molecular weight excluding hydrogens is 278 g/mol. The Balaban J connectivity index is 2.02. The van der Waals surface area contributed by atoms with E-state index in [-0.39, 0.29) is 6.03 Å². The second kappa shape index (κ2) is 5.96. The van der Waals surface area contributed by atoms with Crippen molar-refractivity contribution in [3.63, 3.8) is 0 Å². The molecule has 1 aromatic carbocycles. The van der Waals surface area contributed by atoms with Gasteiger partial charge in [0.1, 0.15) is 5.76 Å². The van der Waals surface area contributed by atoms with Crippen LogP contribution in [0.4, 0.5) is 10.5 Å². The van der Waals surface area contributed by atoms with Gasteiger partial charge >= 0.3 is 6.03 Å². The zero-order valence-electron chi connectivity index (χ0n) is 11.6. The number of urea groups is 1. The van der Waals surface area contributed by atoms with E-state index in [4.69, 9.17) is 16.1 Å². The third-order valence-electron chi connectivity index (χ3n) is 3.00. The van der Waals surface area contributed by atoms with Gasteiger partial charge in [-0.1, -0.05) is 22.8 Å². The summed E-state index contributed by atoms with van der Waals surface area (Å²) < 4.78 is 5.08. The quantitative estimate of drug-likeness (QED) is 0.940. The lowest BCUT2D eigenvalue weighted by Crippen LogP contribution is -2.31. The Morgan fingerprint density at radius 1 is 1.45 bits per heavy atom. The van der Waals surface area contributed by atoms with Crippen molar-refractivity contribution in [2.75, 3.05) is 12.4 Å². The summed E-state index contributed by atoms with van der Waals surface area (Å²) in [7, 11) is 1.71. The smallest absolute Gasteiger partial charge is 0.321 e. The number of anilines is 1. The molecule has 2 aromatic rings. The van der Waals surface area contributed by atoms with Crippen molar-refractivity contribution in [3.8, 4) is 0 Å². The third-order valence-corrected chi connectivity index (χ3v) is 3.23.